The van der Waals surface area contributed by atoms with E-state index >= 15 is 0 Å². The van der Waals surface area contributed by atoms with Crippen LogP contribution in [0.25, 0.3) is 0 Å². The van der Waals surface area contributed by atoms with Gasteiger partial charge in [-0.2, -0.15) is 0 Å². The molecule has 0 saturated carbocycles. The van der Waals surface area contributed by atoms with Crippen LogP contribution in [0.4, 0.5) is 17.6 Å². The molecule has 0 aliphatic carbocycles. The summed E-state index contributed by atoms with van der Waals surface area (Å²) < 4.78 is 54.4. The SMILES string of the molecule is OC(Cc1c(F)ccc(Br)c1F)c1cc(F)c(Cl)cc1F. The Balaban J connectivity index is 2.37. The highest BCUT2D eigenvalue weighted by Gasteiger charge is 2.21. The van der Waals surface area contributed by atoms with Gasteiger partial charge in [0.15, 0.2) is 0 Å². The molecule has 0 saturated heterocycles. The van der Waals surface area contributed by atoms with Crippen LogP contribution >= 0.6 is 27.5 Å². The van der Waals surface area contributed by atoms with E-state index in [0.29, 0.717) is 12.1 Å². The largest absolute Gasteiger partial charge is 0.388 e. The molecule has 1 N–H and O–H groups in total. The lowest BCUT2D eigenvalue weighted by atomic mass is 10.00. The summed E-state index contributed by atoms with van der Waals surface area (Å²) in [7, 11) is 0. The second-order valence-electron chi connectivity index (χ2n) is 4.33. The van der Waals surface area contributed by atoms with Crippen LogP contribution in [0.1, 0.15) is 17.2 Å². The Morgan fingerprint density at radius 3 is 2.38 bits per heavy atom. The monoisotopic (exact) mass is 382 g/mol. The molecule has 1 atom stereocenters. The first-order chi connectivity index (χ1) is 9.81. The maximum absolute atomic E-state index is 13.8. The minimum absolute atomic E-state index is 0.00820. The van der Waals surface area contributed by atoms with Gasteiger partial charge < -0.3 is 5.11 Å². The second kappa shape index (κ2) is 6.34. The summed E-state index contributed by atoms with van der Waals surface area (Å²) in [6.45, 7) is 0. The Hall–Kier alpha value is -1.11. The predicted octanol–water partition coefficient (Wildman–Crippen LogP) is 4.94. The van der Waals surface area contributed by atoms with E-state index in [9.17, 15) is 22.7 Å². The molecule has 0 aliphatic heterocycles. The Labute approximate surface area is 131 Å². The van der Waals surface area contributed by atoms with Gasteiger partial charge in [0, 0.05) is 17.5 Å². The summed E-state index contributed by atoms with van der Waals surface area (Å²) in [6.07, 6.45) is -2.16. The molecule has 0 spiro atoms. The van der Waals surface area contributed by atoms with E-state index in [4.69, 9.17) is 11.6 Å². The summed E-state index contributed by atoms with van der Waals surface area (Å²) in [5.41, 5.74) is -0.845. The van der Waals surface area contributed by atoms with E-state index in [-0.39, 0.29) is 4.47 Å². The maximum atomic E-state index is 13.8. The minimum atomic E-state index is -1.62. The Bertz CT molecular complexity index is 693. The molecule has 0 heterocycles. The van der Waals surface area contributed by atoms with Gasteiger partial charge in [-0.1, -0.05) is 11.6 Å². The third-order valence-corrected chi connectivity index (χ3v) is 3.84. The van der Waals surface area contributed by atoms with Gasteiger partial charge in [0.2, 0.25) is 0 Å². The smallest absolute Gasteiger partial charge is 0.143 e. The van der Waals surface area contributed by atoms with Crippen molar-refractivity contribution in [1.82, 2.24) is 0 Å². The normalized spacial score (nSPS) is 12.5. The third kappa shape index (κ3) is 3.39. The molecule has 0 radical (unpaired) electrons. The van der Waals surface area contributed by atoms with Crippen LogP contribution in [0.15, 0.2) is 28.7 Å². The van der Waals surface area contributed by atoms with E-state index in [1.165, 1.54) is 6.07 Å². The molecular weight excluding hydrogens is 376 g/mol. The topological polar surface area (TPSA) is 20.2 Å². The van der Waals surface area contributed by atoms with E-state index in [0.717, 1.165) is 6.07 Å². The molecule has 0 fully saturated rings. The minimum Gasteiger partial charge on any atom is -0.388 e. The zero-order valence-electron chi connectivity index (χ0n) is 10.3. The zero-order valence-corrected chi connectivity index (χ0v) is 12.7. The molecular formula is C14H8BrClF4O. The first-order valence-electron chi connectivity index (χ1n) is 5.76. The molecule has 0 amide bonds. The molecule has 21 heavy (non-hydrogen) atoms. The van der Waals surface area contributed by atoms with Crippen molar-refractivity contribution < 1.29 is 22.7 Å². The maximum Gasteiger partial charge on any atom is 0.143 e. The predicted molar refractivity (Wildman–Crippen MR) is 74.1 cm³/mol. The summed E-state index contributed by atoms with van der Waals surface area (Å²) >= 11 is 8.29. The van der Waals surface area contributed by atoms with E-state index in [2.05, 4.69) is 15.9 Å². The number of aliphatic hydroxyl groups is 1. The third-order valence-electron chi connectivity index (χ3n) is 2.93. The zero-order chi connectivity index (χ0) is 15.7. The van der Waals surface area contributed by atoms with Crippen LogP contribution in [0.3, 0.4) is 0 Å². The van der Waals surface area contributed by atoms with Crippen molar-refractivity contribution in [2.75, 3.05) is 0 Å². The fraction of sp³-hybridized carbons (Fsp3) is 0.143. The van der Waals surface area contributed by atoms with Crippen molar-refractivity contribution in [2.45, 2.75) is 12.5 Å². The number of hydrogen-bond donors (Lipinski definition) is 1. The highest BCUT2D eigenvalue weighted by atomic mass is 79.9. The van der Waals surface area contributed by atoms with Crippen LogP contribution in [0.5, 0.6) is 0 Å². The van der Waals surface area contributed by atoms with Gasteiger partial charge >= 0.3 is 0 Å². The summed E-state index contributed by atoms with van der Waals surface area (Å²) in [5.74, 6) is -3.67. The molecule has 0 aromatic heterocycles. The molecule has 0 aliphatic rings. The van der Waals surface area contributed by atoms with Crippen LogP contribution in [-0.4, -0.2) is 5.11 Å². The fourth-order valence-corrected chi connectivity index (χ4v) is 2.37. The van der Waals surface area contributed by atoms with E-state index in [1.807, 2.05) is 0 Å². The van der Waals surface area contributed by atoms with Crippen LogP contribution in [0.2, 0.25) is 5.02 Å². The molecule has 0 bridgehead atoms. The number of aliphatic hydroxyl groups excluding tert-OH is 1. The highest BCUT2D eigenvalue weighted by molar-refractivity contribution is 9.10. The Kier molecular flexibility index (Phi) is 4.91. The molecule has 7 heteroatoms. The molecule has 2 aromatic rings. The molecule has 1 unspecified atom stereocenters. The summed E-state index contributed by atoms with van der Waals surface area (Å²) in [4.78, 5) is 0. The van der Waals surface area contributed by atoms with Gasteiger partial charge in [-0.05, 0) is 40.2 Å². The highest BCUT2D eigenvalue weighted by Crippen LogP contribution is 2.29. The molecule has 112 valence electrons. The van der Waals surface area contributed by atoms with Gasteiger partial charge in [0.1, 0.15) is 23.3 Å². The summed E-state index contributed by atoms with van der Waals surface area (Å²) in [6, 6.07) is 3.58. The number of halogens is 6. The lowest BCUT2D eigenvalue weighted by molar-refractivity contribution is 0.170. The lowest BCUT2D eigenvalue weighted by Gasteiger charge is -2.14. The van der Waals surface area contributed by atoms with Gasteiger partial charge in [0.25, 0.3) is 0 Å². The first kappa shape index (κ1) is 16.3. The first-order valence-corrected chi connectivity index (χ1v) is 6.93. The number of hydrogen-bond acceptors (Lipinski definition) is 1. The quantitative estimate of drug-likeness (QED) is 0.588. The number of rotatable bonds is 3. The Morgan fingerprint density at radius 2 is 1.71 bits per heavy atom. The lowest BCUT2D eigenvalue weighted by Crippen LogP contribution is -2.08. The van der Waals surface area contributed by atoms with Crippen molar-refractivity contribution in [3.63, 3.8) is 0 Å². The van der Waals surface area contributed by atoms with Gasteiger partial charge in [-0.25, -0.2) is 17.6 Å². The van der Waals surface area contributed by atoms with Crippen molar-refractivity contribution in [3.8, 4) is 0 Å². The van der Waals surface area contributed by atoms with Crippen molar-refractivity contribution in [3.05, 3.63) is 68.2 Å². The van der Waals surface area contributed by atoms with Gasteiger partial charge in [0.05, 0.1) is 15.6 Å². The van der Waals surface area contributed by atoms with Crippen molar-refractivity contribution >= 4 is 27.5 Å². The molecule has 2 aromatic carbocycles. The second-order valence-corrected chi connectivity index (χ2v) is 5.59. The average molecular weight is 384 g/mol. The number of benzene rings is 2. The van der Waals surface area contributed by atoms with Gasteiger partial charge in [-0.3, -0.25) is 0 Å². The average Bonchev–Trinajstić information content (AvgIpc) is 2.43. The standard InChI is InChI=1S/C14H8BrClF4O/c15-8-1-2-10(17)7(14(8)20)4-13(21)6-3-12(19)9(16)5-11(6)18/h1-3,5,13,21H,4H2. The van der Waals surface area contributed by atoms with E-state index in [1.54, 1.807) is 0 Å². The Morgan fingerprint density at radius 1 is 1.05 bits per heavy atom. The summed E-state index contributed by atoms with van der Waals surface area (Å²) in [5, 5.41) is 9.47. The van der Waals surface area contributed by atoms with Crippen LogP contribution in [-0.2, 0) is 6.42 Å². The van der Waals surface area contributed by atoms with Crippen LogP contribution in [0, 0.1) is 23.3 Å². The molecule has 2 rings (SSSR count). The molecule has 1 nitrogen and oxygen atoms in total. The fourth-order valence-electron chi connectivity index (χ4n) is 1.85. The van der Waals surface area contributed by atoms with E-state index < -0.39 is 51.9 Å². The van der Waals surface area contributed by atoms with Crippen LogP contribution < -0.4 is 0 Å². The van der Waals surface area contributed by atoms with Gasteiger partial charge in [-0.15, -0.1) is 0 Å². The van der Waals surface area contributed by atoms with Crippen molar-refractivity contribution in [2.24, 2.45) is 0 Å². The van der Waals surface area contributed by atoms with Crippen molar-refractivity contribution in [1.29, 1.82) is 0 Å².